The van der Waals surface area contributed by atoms with Crippen molar-refractivity contribution in [2.24, 2.45) is 0 Å². The molecule has 0 saturated carbocycles. The molecule has 5 nitrogen and oxygen atoms in total. The molecule has 2 heterocycles. The molecule has 0 saturated heterocycles. The molecule has 9 heteroatoms. The third kappa shape index (κ3) is 3.22. The van der Waals surface area contributed by atoms with Crippen LogP contribution in [0.2, 0.25) is 0 Å². The molecule has 0 unspecified atom stereocenters. The van der Waals surface area contributed by atoms with Gasteiger partial charge in [-0.2, -0.15) is 13.2 Å². The van der Waals surface area contributed by atoms with Gasteiger partial charge in [-0.15, -0.1) is 0 Å². The molecule has 2 rings (SSSR count). The Bertz CT molecular complexity index is 581. The molecular formula is C10H9BrF3N5. The van der Waals surface area contributed by atoms with Crippen LogP contribution in [0.15, 0.2) is 17.0 Å². The van der Waals surface area contributed by atoms with E-state index in [1.54, 1.807) is 6.20 Å². The standard InChI is InChI=1S/C10H9BrF3N5/c1-5-2-15-6(19-5)3-16-9-7(11)8(10(12,13)14)17-4-18-9/h2,4H,3H2,1H3,(H,15,19)(H,16,17,18). The fraction of sp³-hybridized carbons (Fsp3) is 0.300. The molecule has 0 atom stereocenters. The lowest BCUT2D eigenvalue weighted by Gasteiger charge is -2.11. The highest BCUT2D eigenvalue weighted by Crippen LogP contribution is 2.35. The molecule has 0 bridgehead atoms. The Morgan fingerprint density at radius 2 is 2.05 bits per heavy atom. The van der Waals surface area contributed by atoms with Gasteiger partial charge in [0.25, 0.3) is 0 Å². The lowest BCUT2D eigenvalue weighted by Crippen LogP contribution is -2.12. The molecule has 0 aliphatic heterocycles. The van der Waals surface area contributed by atoms with Gasteiger partial charge in [0.15, 0.2) is 5.69 Å². The van der Waals surface area contributed by atoms with Gasteiger partial charge in [0.05, 0.1) is 11.0 Å². The van der Waals surface area contributed by atoms with Gasteiger partial charge < -0.3 is 10.3 Å². The molecule has 0 fully saturated rings. The molecule has 0 amide bonds. The predicted octanol–water partition coefficient (Wildman–Crippen LogP) is 2.90. The molecule has 19 heavy (non-hydrogen) atoms. The van der Waals surface area contributed by atoms with Gasteiger partial charge in [-0.3, -0.25) is 0 Å². The van der Waals surface area contributed by atoms with E-state index in [0.29, 0.717) is 5.82 Å². The first-order valence-corrected chi connectivity index (χ1v) is 5.99. The molecule has 102 valence electrons. The number of alkyl halides is 3. The summed E-state index contributed by atoms with van der Waals surface area (Å²) in [5.74, 6) is 0.674. The molecule has 0 spiro atoms. The molecule has 0 aliphatic carbocycles. The van der Waals surface area contributed by atoms with Gasteiger partial charge in [0, 0.05) is 11.9 Å². The van der Waals surface area contributed by atoms with Gasteiger partial charge >= 0.3 is 6.18 Å². The van der Waals surface area contributed by atoms with E-state index in [1.165, 1.54) is 0 Å². The highest BCUT2D eigenvalue weighted by Gasteiger charge is 2.36. The number of imidazole rings is 1. The topological polar surface area (TPSA) is 66.5 Å². The maximum absolute atomic E-state index is 12.6. The van der Waals surface area contributed by atoms with Crippen molar-refractivity contribution < 1.29 is 13.2 Å². The van der Waals surface area contributed by atoms with Crippen LogP contribution in [0.25, 0.3) is 0 Å². The minimum absolute atomic E-state index is 0.0661. The lowest BCUT2D eigenvalue weighted by atomic mass is 10.4. The first kappa shape index (κ1) is 13.8. The number of halogens is 4. The molecule has 2 aromatic heterocycles. The van der Waals surface area contributed by atoms with E-state index in [4.69, 9.17) is 0 Å². The number of nitrogens with zero attached hydrogens (tertiary/aromatic N) is 3. The second-order valence-electron chi connectivity index (χ2n) is 3.75. The largest absolute Gasteiger partial charge is 0.434 e. The lowest BCUT2D eigenvalue weighted by molar-refractivity contribution is -0.141. The van der Waals surface area contributed by atoms with E-state index in [-0.39, 0.29) is 16.8 Å². The van der Waals surface area contributed by atoms with E-state index >= 15 is 0 Å². The summed E-state index contributed by atoms with van der Waals surface area (Å²) in [7, 11) is 0. The van der Waals surface area contributed by atoms with Crippen LogP contribution >= 0.6 is 15.9 Å². The Balaban J connectivity index is 2.17. The normalized spacial score (nSPS) is 11.6. The summed E-state index contributed by atoms with van der Waals surface area (Å²) in [4.78, 5) is 14.0. The summed E-state index contributed by atoms with van der Waals surface area (Å²) in [6.07, 6.45) is -2.03. The minimum Gasteiger partial charge on any atom is -0.362 e. The molecule has 0 aromatic carbocycles. The Hall–Kier alpha value is -1.64. The zero-order chi connectivity index (χ0) is 14.0. The zero-order valence-corrected chi connectivity index (χ0v) is 11.3. The zero-order valence-electron chi connectivity index (χ0n) is 9.72. The first-order valence-electron chi connectivity index (χ1n) is 5.20. The average molecular weight is 336 g/mol. The SMILES string of the molecule is Cc1cnc(CNc2ncnc(C(F)(F)F)c2Br)[nH]1. The number of nitrogens with one attached hydrogen (secondary N) is 2. The number of hydrogen-bond donors (Lipinski definition) is 2. The van der Waals surface area contributed by atoms with Crippen molar-refractivity contribution >= 4 is 21.7 Å². The van der Waals surface area contributed by atoms with Crippen molar-refractivity contribution in [1.29, 1.82) is 0 Å². The molecule has 2 N–H and O–H groups in total. The third-order valence-corrected chi connectivity index (χ3v) is 2.99. The third-order valence-electron chi connectivity index (χ3n) is 2.24. The van der Waals surface area contributed by atoms with E-state index < -0.39 is 11.9 Å². The van der Waals surface area contributed by atoms with Crippen LogP contribution in [0.5, 0.6) is 0 Å². The summed E-state index contributed by atoms with van der Waals surface area (Å²) in [5, 5.41) is 2.76. The van der Waals surface area contributed by atoms with Crippen molar-refractivity contribution in [3.63, 3.8) is 0 Å². The summed E-state index contributed by atoms with van der Waals surface area (Å²) < 4.78 is 37.7. The Morgan fingerprint density at radius 3 is 2.63 bits per heavy atom. The molecule has 2 aromatic rings. The maximum atomic E-state index is 12.6. The van der Waals surface area contributed by atoms with E-state index in [0.717, 1.165) is 12.0 Å². The van der Waals surface area contributed by atoms with E-state index in [9.17, 15) is 13.2 Å². The van der Waals surface area contributed by atoms with Crippen LogP contribution in [0.3, 0.4) is 0 Å². The fourth-order valence-corrected chi connectivity index (χ4v) is 1.98. The van der Waals surface area contributed by atoms with Crippen molar-refractivity contribution in [3.05, 3.63) is 34.2 Å². The Morgan fingerprint density at radius 1 is 1.32 bits per heavy atom. The average Bonchev–Trinajstić information content (AvgIpc) is 2.72. The number of anilines is 1. The summed E-state index contributed by atoms with van der Waals surface area (Å²) in [6.45, 7) is 2.07. The quantitative estimate of drug-likeness (QED) is 0.905. The van der Waals surface area contributed by atoms with Crippen LogP contribution in [0, 0.1) is 6.92 Å². The summed E-state index contributed by atoms with van der Waals surface area (Å²) in [5.41, 5.74) is -0.143. The number of H-pyrrole nitrogens is 1. The smallest absolute Gasteiger partial charge is 0.362 e. The van der Waals surface area contributed by atoms with E-state index in [2.05, 4.69) is 41.2 Å². The molecule has 0 aliphatic rings. The van der Waals surface area contributed by atoms with Crippen LogP contribution in [0.1, 0.15) is 17.2 Å². The number of hydrogen-bond acceptors (Lipinski definition) is 4. The first-order chi connectivity index (χ1) is 8.88. The predicted molar refractivity (Wildman–Crippen MR) is 65.4 cm³/mol. The van der Waals surface area contributed by atoms with Crippen LogP contribution in [-0.4, -0.2) is 19.9 Å². The van der Waals surface area contributed by atoms with Gasteiger partial charge in [0.1, 0.15) is 18.0 Å². The second kappa shape index (κ2) is 5.16. The van der Waals surface area contributed by atoms with Crippen molar-refractivity contribution in [3.8, 4) is 0 Å². The number of rotatable bonds is 3. The van der Waals surface area contributed by atoms with Crippen LogP contribution in [-0.2, 0) is 12.7 Å². The Kier molecular flexibility index (Phi) is 3.74. The van der Waals surface area contributed by atoms with Gasteiger partial charge in [-0.1, -0.05) is 0 Å². The van der Waals surface area contributed by atoms with E-state index in [1.807, 2.05) is 6.92 Å². The number of aryl methyl sites for hydroxylation is 1. The van der Waals surface area contributed by atoms with Gasteiger partial charge in [0.2, 0.25) is 0 Å². The van der Waals surface area contributed by atoms with Gasteiger partial charge in [-0.25, -0.2) is 15.0 Å². The monoisotopic (exact) mass is 335 g/mol. The van der Waals surface area contributed by atoms with Crippen molar-refractivity contribution in [2.75, 3.05) is 5.32 Å². The highest BCUT2D eigenvalue weighted by molar-refractivity contribution is 9.10. The summed E-state index contributed by atoms with van der Waals surface area (Å²) >= 11 is 2.86. The minimum atomic E-state index is -4.53. The van der Waals surface area contributed by atoms with Crippen LogP contribution in [0.4, 0.5) is 19.0 Å². The summed E-state index contributed by atoms with van der Waals surface area (Å²) in [6, 6.07) is 0. The number of aromatic amines is 1. The molecular weight excluding hydrogens is 327 g/mol. The van der Waals surface area contributed by atoms with Crippen molar-refractivity contribution in [1.82, 2.24) is 19.9 Å². The van der Waals surface area contributed by atoms with Gasteiger partial charge in [-0.05, 0) is 22.9 Å². The van der Waals surface area contributed by atoms with Crippen molar-refractivity contribution in [2.45, 2.75) is 19.6 Å². The Labute approximate surface area is 114 Å². The maximum Gasteiger partial charge on any atom is 0.434 e. The highest BCUT2D eigenvalue weighted by atomic mass is 79.9. The number of aromatic nitrogens is 4. The van der Waals surface area contributed by atoms with Crippen LogP contribution < -0.4 is 5.32 Å². The second-order valence-corrected chi connectivity index (χ2v) is 4.54. The fourth-order valence-electron chi connectivity index (χ4n) is 1.41. The molecule has 0 radical (unpaired) electrons.